The molecule has 33 heavy (non-hydrogen) atoms. The first-order valence-corrected chi connectivity index (χ1v) is 11.5. The van der Waals surface area contributed by atoms with Crippen LogP contribution in [0.5, 0.6) is 5.75 Å². The second-order valence-electron chi connectivity index (χ2n) is 8.87. The Balaban J connectivity index is 1.15. The van der Waals surface area contributed by atoms with E-state index in [-0.39, 0.29) is 42.2 Å². The van der Waals surface area contributed by atoms with Gasteiger partial charge in [-0.1, -0.05) is 18.2 Å². The molecule has 0 bridgehead atoms. The van der Waals surface area contributed by atoms with Crippen LogP contribution >= 0.6 is 0 Å². The number of hydrogen-bond donors (Lipinski definition) is 3. The van der Waals surface area contributed by atoms with Crippen LogP contribution in [0.4, 0.5) is 10.1 Å². The SMILES string of the molecule is CN(CCCC1CC(c2cccc(F)c2)NN1)C(=O)COc1cccc(NC(=O)C2CC2)c1. The number of carbonyl (C=O) groups excluding carboxylic acids is 2. The van der Waals surface area contributed by atoms with Gasteiger partial charge < -0.3 is 15.0 Å². The van der Waals surface area contributed by atoms with Crippen molar-refractivity contribution in [2.24, 2.45) is 5.92 Å². The van der Waals surface area contributed by atoms with Crippen molar-refractivity contribution in [3.05, 3.63) is 59.9 Å². The number of carbonyl (C=O) groups is 2. The molecule has 2 aromatic carbocycles. The zero-order valence-corrected chi connectivity index (χ0v) is 18.9. The third-order valence-electron chi connectivity index (χ3n) is 6.12. The smallest absolute Gasteiger partial charge is 0.260 e. The van der Waals surface area contributed by atoms with Crippen LogP contribution in [-0.2, 0) is 9.59 Å². The van der Waals surface area contributed by atoms with Gasteiger partial charge in [-0.2, -0.15) is 0 Å². The van der Waals surface area contributed by atoms with Gasteiger partial charge in [0.15, 0.2) is 6.61 Å². The lowest BCUT2D eigenvalue weighted by atomic mass is 9.99. The number of hydrazine groups is 1. The Morgan fingerprint density at radius 3 is 2.76 bits per heavy atom. The fourth-order valence-electron chi connectivity index (χ4n) is 3.96. The molecule has 8 heteroatoms. The van der Waals surface area contributed by atoms with Gasteiger partial charge in [-0.15, -0.1) is 0 Å². The molecule has 2 unspecified atom stereocenters. The molecule has 0 spiro atoms. The fourth-order valence-corrected chi connectivity index (χ4v) is 3.96. The second kappa shape index (κ2) is 10.8. The summed E-state index contributed by atoms with van der Waals surface area (Å²) in [6.45, 7) is 0.573. The highest BCUT2D eigenvalue weighted by Crippen LogP contribution is 2.30. The van der Waals surface area contributed by atoms with Crippen molar-refractivity contribution >= 4 is 17.5 Å². The highest BCUT2D eigenvalue weighted by molar-refractivity contribution is 5.94. The van der Waals surface area contributed by atoms with Crippen LogP contribution in [0.3, 0.4) is 0 Å². The summed E-state index contributed by atoms with van der Waals surface area (Å²) in [6, 6.07) is 14.1. The van der Waals surface area contributed by atoms with Gasteiger partial charge in [0.2, 0.25) is 5.91 Å². The predicted octanol–water partition coefficient (Wildman–Crippen LogP) is 3.40. The summed E-state index contributed by atoms with van der Waals surface area (Å²) < 4.78 is 19.1. The van der Waals surface area contributed by atoms with E-state index in [1.165, 1.54) is 6.07 Å². The van der Waals surface area contributed by atoms with E-state index in [1.807, 2.05) is 12.1 Å². The Morgan fingerprint density at radius 1 is 1.15 bits per heavy atom. The van der Waals surface area contributed by atoms with Gasteiger partial charge in [0.05, 0.1) is 0 Å². The molecular weight excluding hydrogens is 423 g/mol. The van der Waals surface area contributed by atoms with Crippen LogP contribution < -0.4 is 20.9 Å². The molecule has 1 aliphatic carbocycles. The number of benzene rings is 2. The van der Waals surface area contributed by atoms with E-state index in [0.717, 1.165) is 37.7 Å². The Kier molecular flexibility index (Phi) is 7.57. The highest BCUT2D eigenvalue weighted by atomic mass is 19.1. The lowest BCUT2D eigenvalue weighted by Gasteiger charge is -2.18. The largest absolute Gasteiger partial charge is 0.484 e. The minimum Gasteiger partial charge on any atom is -0.484 e. The van der Waals surface area contributed by atoms with Gasteiger partial charge in [-0.25, -0.2) is 4.39 Å². The lowest BCUT2D eigenvalue weighted by Crippen LogP contribution is -2.34. The number of rotatable bonds is 10. The van der Waals surface area contributed by atoms with E-state index in [2.05, 4.69) is 16.2 Å². The van der Waals surface area contributed by atoms with Crippen LogP contribution in [-0.4, -0.2) is 43.0 Å². The Labute approximate surface area is 193 Å². The summed E-state index contributed by atoms with van der Waals surface area (Å²) in [5.74, 6) is 0.395. The highest BCUT2D eigenvalue weighted by Gasteiger charge is 2.29. The topological polar surface area (TPSA) is 82.7 Å². The third-order valence-corrected chi connectivity index (χ3v) is 6.12. The number of ether oxygens (including phenoxy) is 1. The first-order chi connectivity index (χ1) is 16.0. The van der Waals surface area contributed by atoms with Gasteiger partial charge >= 0.3 is 0 Å². The summed E-state index contributed by atoms with van der Waals surface area (Å²) in [4.78, 5) is 26.0. The van der Waals surface area contributed by atoms with Crippen molar-refractivity contribution < 1.29 is 18.7 Å². The fraction of sp³-hybridized carbons (Fsp3) is 0.440. The molecule has 3 N–H and O–H groups in total. The molecule has 2 fully saturated rings. The molecule has 2 aliphatic rings. The Bertz CT molecular complexity index is 982. The maximum absolute atomic E-state index is 13.4. The molecule has 0 radical (unpaired) electrons. The van der Waals surface area contributed by atoms with Crippen LogP contribution in [0.15, 0.2) is 48.5 Å². The van der Waals surface area contributed by atoms with Gasteiger partial charge in [0.25, 0.3) is 5.91 Å². The quantitative estimate of drug-likeness (QED) is 0.513. The molecule has 4 rings (SSSR count). The molecule has 1 heterocycles. The second-order valence-corrected chi connectivity index (χ2v) is 8.87. The molecule has 0 aromatic heterocycles. The van der Waals surface area contributed by atoms with E-state index in [0.29, 0.717) is 18.0 Å². The van der Waals surface area contributed by atoms with E-state index in [4.69, 9.17) is 4.74 Å². The maximum Gasteiger partial charge on any atom is 0.260 e. The zero-order chi connectivity index (χ0) is 23.2. The summed E-state index contributed by atoms with van der Waals surface area (Å²) in [5, 5.41) is 2.88. The molecule has 1 saturated heterocycles. The van der Waals surface area contributed by atoms with Crippen molar-refractivity contribution in [3.63, 3.8) is 0 Å². The summed E-state index contributed by atoms with van der Waals surface area (Å²) >= 11 is 0. The molecule has 176 valence electrons. The Hall–Kier alpha value is -2.97. The van der Waals surface area contributed by atoms with Crippen molar-refractivity contribution in [2.45, 2.75) is 44.2 Å². The first kappa shape index (κ1) is 23.2. The third kappa shape index (κ3) is 6.76. The van der Waals surface area contributed by atoms with Gasteiger partial charge in [-0.3, -0.25) is 20.4 Å². The number of halogens is 1. The minimum atomic E-state index is -0.227. The molecule has 2 amide bonds. The average molecular weight is 455 g/mol. The van der Waals surface area contributed by atoms with Crippen LogP contribution in [0.25, 0.3) is 0 Å². The normalized spacial score (nSPS) is 19.8. The molecule has 1 aliphatic heterocycles. The Morgan fingerprint density at radius 2 is 1.97 bits per heavy atom. The molecule has 2 aromatic rings. The van der Waals surface area contributed by atoms with E-state index in [1.54, 1.807) is 42.3 Å². The first-order valence-electron chi connectivity index (χ1n) is 11.5. The van der Waals surface area contributed by atoms with Crippen molar-refractivity contribution in [3.8, 4) is 5.75 Å². The van der Waals surface area contributed by atoms with Crippen molar-refractivity contribution in [1.29, 1.82) is 0 Å². The standard InChI is InChI=1S/C25H31FN4O3/c1-30(12-4-8-21-15-23(29-28-21)18-5-2-6-19(26)13-18)24(31)16-33-22-9-3-7-20(14-22)27-25(32)17-10-11-17/h2-3,5-7,9,13-14,17,21,23,28-29H,4,8,10-12,15-16H2,1H3,(H,27,32). The molecular formula is C25H31FN4O3. The van der Waals surface area contributed by atoms with Crippen molar-refractivity contribution in [2.75, 3.05) is 25.5 Å². The van der Waals surface area contributed by atoms with Gasteiger partial charge in [0, 0.05) is 43.3 Å². The van der Waals surface area contributed by atoms with E-state index >= 15 is 0 Å². The van der Waals surface area contributed by atoms with E-state index in [9.17, 15) is 14.0 Å². The summed E-state index contributed by atoms with van der Waals surface area (Å²) in [5.41, 5.74) is 8.12. The van der Waals surface area contributed by atoms with Gasteiger partial charge in [0.1, 0.15) is 11.6 Å². The molecule has 7 nitrogen and oxygen atoms in total. The van der Waals surface area contributed by atoms with E-state index < -0.39 is 0 Å². The lowest BCUT2D eigenvalue weighted by molar-refractivity contribution is -0.132. The van der Waals surface area contributed by atoms with Gasteiger partial charge in [-0.05, 0) is 61.9 Å². The maximum atomic E-state index is 13.4. The average Bonchev–Trinajstić information content (AvgIpc) is 3.56. The monoisotopic (exact) mass is 454 g/mol. The zero-order valence-electron chi connectivity index (χ0n) is 18.9. The van der Waals surface area contributed by atoms with Crippen molar-refractivity contribution in [1.82, 2.24) is 15.8 Å². The number of likely N-dealkylation sites (N-methyl/N-ethyl adjacent to an activating group) is 1. The van der Waals surface area contributed by atoms with Crippen LogP contribution in [0.2, 0.25) is 0 Å². The molecule has 2 atom stereocenters. The van der Waals surface area contributed by atoms with Crippen LogP contribution in [0.1, 0.15) is 43.7 Å². The predicted molar refractivity (Wildman–Crippen MR) is 124 cm³/mol. The number of amides is 2. The molecule has 1 saturated carbocycles. The van der Waals surface area contributed by atoms with Crippen LogP contribution in [0, 0.1) is 11.7 Å². The minimum absolute atomic E-state index is 0.0390. The number of nitrogens with one attached hydrogen (secondary N) is 3. The summed E-state index contributed by atoms with van der Waals surface area (Å²) in [6.07, 6.45) is 4.52. The summed E-state index contributed by atoms with van der Waals surface area (Å²) in [7, 11) is 1.77. The number of anilines is 1. The number of hydrogen-bond acceptors (Lipinski definition) is 5. The number of nitrogens with zero attached hydrogens (tertiary/aromatic N) is 1.